The molecule has 0 N–H and O–H groups in total. The van der Waals surface area contributed by atoms with Crippen molar-refractivity contribution in [3.05, 3.63) is 29.1 Å². The molecule has 0 saturated carbocycles. The molecule has 1 aromatic rings. The normalized spacial score (nSPS) is 11.3. The molecule has 0 heterocycles. The molecule has 0 radical (unpaired) electrons. The van der Waals surface area contributed by atoms with E-state index in [-0.39, 0.29) is 0 Å². The minimum atomic E-state index is -3.71. The first-order valence-corrected chi connectivity index (χ1v) is 7.22. The average Bonchev–Trinajstić information content (AvgIpc) is 2.38. The molecule has 0 aromatic heterocycles. The molecule has 0 fully saturated rings. The Morgan fingerprint density at radius 1 is 1.19 bits per heavy atom. The van der Waals surface area contributed by atoms with Crippen LogP contribution >= 0.6 is 0 Å². The van der Waals surface area contributed by atoms with Gasteiger partial charge in [-0.05, 0) is 6.07 Å². The molecule has 0 saturated heterocycles. The highest BCUT2D eigenvalue weighted by molar-refractivity contribution is 7.85. The summed E-state index contributed by atoms with van der Waals surface area (Å²) >= 11 is 0. The number of methoxy groups -OCH3 is 1. The summed E-state index contributed by atoms with van der Waals surface area (Å²) < 4.78 is 74.4. The van der Waals surface area contributed by atoms with Crippen LogP contribution in [0.25, 0.3) is 0 Å². The smallest absolute Gasteiger partial charge is 0.341 e. The van der Waals surface area contributed by atoms with Gasteiger partial charge in [0.25, 0.3) is 10.1 Å². The summed E-state index contributed by atoms with van der Waals surface area (Å²) in [5.41, 5.74) is -0.884. The van der Waals surface area contributed by atoms with E-state index in [4.69, 9.17) is 0 Å². The van der Waals surface area contributed by atoms with Gasteiger partial charge in [-0.1, -0.05) is 0 Å². The number of ether oxygens (including phenoxy) is 2. The molecule has 6 nitrogen and oxygen atoms in total. The average molecular weight is 328 g/mol. The second-order valence-electron chi connectivity index (χ2n) is 3.73. The number of esters is 1. The van der Waals surface area contributed by atoms with Crippen LogP contribution < -0.4 is 4.74 Å². The molecule has 0 aliphatic carbocycles. The lowest BCUT2D eigenvalue weighted by atomic mass is 10.2. The maximum atomic E-state index is 13.7. The minimum absolute atomic E-state index is 0.312. The van der Waals surface area contributed by atoms with Gasteiger partial charge in [0.15, 0.2) is 17.4 Å². The molecule has 0 aliphatic rings. The summed E-state index contributed by atoms with van der Waals surface area (Å²) in [5.74, 6) is -6.87. The summed E-state index contributed by atoms with van der Waals surface area (Å²) in [7, 11) is -2.81. The second-order valence-corrected chi connectivity index (χ2v) is 5.37. The zero-order valence-corrected chi connectivity index (χ0v) is 11.8. The molecule has 0 spiro atoms. The van der Waals surface area contributed by atoms with Crippen molar-refractivity contribution in [1.29, 1.82) is 0 Å². The van der Waals surface area contributed by atoms with Crippen LogP contribution in [0.1, 0.15) is 10.4 Å². The summed E-state index contributed by atoms with van der Waals surface area (Å²) in [5, 5.41) is 0. The highest BCUT2D eigenvalue weighted by Gasteiger charge is 2.24. The van der Waals surface area contributed by atoms with Crippen LogP contribution in [0.3, 0.4) is 0 Å². The van der Waals surface area contributed by atoms with Crippen LogP contribution in [-0.4, -0.2) is 41.0 Å². The Morgan fingerprint density at radius 3 is 2.33 bits per heavy atom. The summed E-state index contributed by atoms with van der Waals surface area (Å²) in [6, 6.07) is 0.312. The predicted molar refractivity (Wildman–Crippen MR) is 63.9 cm³/mol. The number of carbonyl (C=O) groups is 1. The topological polar surface area (TPSA) is 78.9 Å². The van der Waals surface area contributed by atoms with Gasteiger partial charge in [-0.25, -0.2) is 13.6 Å². The van der Waals surface area contributed by atoms with Crippen molar-refractivity contribution in [1.82, 2.24) is 0 Å². The number of halogens is 3. The van der Waals surface area contributed by atoms with Crippen LogP contribution in [0.2, 0.25) is 0 Å². The first-order valence-electron chi connectivity index (χ1n) is 5.40. The molecule has 0 unspecified atom stereocenters. The fourth-order valence-electron chi connectivity index (χ4n) is 1.31. The number of rotatable bonds is 6. The van der Waals surface area contributed by atoms with E-state index in [1.165, 1.54) is 0 Å². The van der Waals surface area contributed by atoms with Crippen molar-refractivity contribution in [2.45, 2.75) is 0 Å². The van der Waals surface area contributed by atoms with Gasteiger partial charge in [-0.3, -0.25) is 4.18 Å². The lowest BCUT2D eigenvalue weighted by Crippen LogP contribution is -2.15. The van der Waals surface area contributed by atoms with Crippen molar-refractivity contribution in [2.75, 3.05) is 26.6 Å². The second kappa shape index (κ2) is 6.76. The molecule has 10 heteroatoms. The zero-order valence-electron chi connectivity index (χ0n) is 11.0. The molecule has 1 aromatic carbocycles. The van der Waals surface area contributed by atoms with Crippen molar-refractivity contribution in [3.8, 4) is 5.75 Å². The quantitative estimate of drug-likeness (QED) is 0.338. The van der Waals surface area contributed by atoms with E-state index >= 15 is 0 Å². The van der Waals surface area contributed by atoms with E-state index in [2.05, 4.69) is 13.7 Å². The molecule has 0 atom stereocenters. The molecule has 21 heavy (non-hydrogen) atoms. The lowest BCUT2D eigenvalue weighted by molar-refractivity contribution is 0.0446. The highest BCUT2D eigenvalue weighted by Crippen LogP contribution is 2.27. The molecule has 0 bridgehead atoms. The SMILES string of the molecule is COc1c(F)c(F)cc(C(=O)OCCOS(C)(=O)=O)c1F. The Morgan fingerprint density at radius 2 is 1.81 bits per heavy atom. The fourth-order valence-corrected chi connectivity index (χ4v) is 1.68. The summed E-state index contributed by atoms with van der Waals surface area (Å²) in [6.45, 7) is -1.01. The molecular formula is C11H11F3O6S. The Hall–Kier alpha value is -1.81. The monoisotopic (exact) mass is 328 g/mol. The van der Waals surface area contributed by atoms with Crippen LogP contribution in [0.5, 0.6) is 5.75 Å². The standard InChI is InChI=1S/C11H11F3O6S/c1-18-10-8(13)6(5-7(12)9(10)14)11(15)19-3-4-20-21(2,16)17/h5H,3-4H2,1-2H3. The molecular weight excluding hydrogens is 317 g/mol. The van der Waals surface area contributed by atoms with E-state index in [9.17, 15) is 26.4 Å². The van der Waals surface area contributed by atoms with Crippen molar-refractivity contribution in [2.24, 2.45) is 0 Å². The van der Waals surface area contributed by atoms with Crippen LogP contribution in [0.15, 0.2) is 6.07 Å². The Labute approximate surface area is 118 Å². The van der Waals surface area contributed by atoms with Crippen molar-refractivity contribution >= 4 is 16.1 Å². The number of benzene rings is 1. The fraction of sp³-hybridized carbons (Fsp3) is 0.364. The van der Waals surface area contributed by atoms with E-state index in [1.807, 2.05) is 0 Å². The largest absolute Gasteiger partial charge is 0.491 e. The first kappa shape index (κ1) is 17.2. The summed E-state index contributed by atoms with van der Waals surface area (Å²) in [6.07, 6.45) is 0.786. The highest BCUT2D eigenvalue weighted by atomic mass is 32.2. The Balaban J connectivity index is 2.82. The lowest BCUT2D eigenvalue weighted by Gasteiger charge is -2.09. The summed E-state index contributed by atoms with van der Waals surface area (Å²) in [4.78, 5) is 11.5. The van der Waals surface area contributed by atoms with E-state index < -0.39 is 58.1 Å². The number of hydrogen-bond acceptors (Lipinski definition) is 6. The van der Waals surface area contributed by atoms with E-state index in [0.717, 1.165) is 13.4 Å². The van der Waals surface area contributed by atoms with Crippen molar-refractivity contribution in [3.63, 3.8) is 0 Å². The van der Waals surface area contributed by atoms with Crippen LogP contribution in [0.4, 0.5) is 13.2 Å². The van der Waals surface area contributed by atoms with Gasteiger partial charge in [0.1, 0.15) is 18.8 Å². The van der Waals surface area contributed by atoms with Gasteiger partial charge < -0.3 is 9.47 Å². The predicted octanol–water partition coefficient (Wildman–Crippen LogP) is 1.25. The van der Waals surface area contributed by atoms with Crippen molar-refractivity contribution < 1.29 is 40.0 Å². The maximum Gasteiger partial charge on any atom is 0.341 e. The Kier molecular flexibility index (Phi) is 5.55. The molecule has 0 aliphatic heterocycles. The molecule has 0 amide bonds. The maximum absolute atomic E-state index is 13.7. The molecule has 1 rings (SSSR count). The van der Waals surface area contributed by atoms with E-state index in [1.54, 1.807) is 0 Å². The zero-order chi connectivity index (χ0) is 16.2. The van der Waals surface area contributed by atoms with Crippen LogP contribution in [0, 0.1) is 17.5 Å². The third kappa shape index (κ3) is 4.60. The Bertz CT molecular complexity index is 644. The third-order valence-electron chi connectivity index (χ3n) is 2.15. The number of carbonyl (C=O) groups excluding carboxylic acids is 1. The van der Waals surface area contributed by atoms with Gasteiger partial charge in [-0.15, -0.1) is 0 Å². The van der Waals surface area contributed by atoms with Gasteiger partial charge in [-0.2, -0.15) is 12.8 Å². The van der Waals surface area contributed by atoms with Gasteiger partial charge in [0.2, 0.25) is 5.82 Å². The first-order chi connectivity index (χ1) is 9.67. The minimum Gasteiger partial charge on any atom is -0.491 e. The van der Waals surface area contributed by atoms with Gasteiger partial charge in [0.05, 0.1) is 13.4 Å². The van der Waals surface area contributed by atoms with Gasteiger partial charge >= 0.3 is 5.97 Å². The van der Waals surface area contributed by atoms with E-state index in [0.29, 0.717) is 6.07 Å². The number of hydrogen-bond donors (Lipinski definition) is 0. The molecule has 118 valence electrons. The third-order valence-corrected chi connectivity index (χ3v) is 2.75. The van der Waals surface area contributed by atoms with Crippen LogP contribution in [-0.2, 0) is 19.0 Å². The van der Waals surface area contributed by atoms with Gasteiger partial charge in [0, 0.05) is 0 Å².